The van der Waals surface area contributed by atoms with Gasteiger partial charge in [0.25, 0.3) is 0 Å². The summed E-state index contributed by atoms with van der Waals surface area (Å²) in [6.45, 7) is 0.423. The lowest BCUT2D eigenvalue weighted by molar-refractivity contribution is 0.385. The molecule has 0 saturated heterocycles. The molecular formula is C20H22F3N3O. The largest absolute Gasteiger partial charge is 0.494 e. The Balaban J connectivity index is 1.64. The van der Waals surface area contributed by atoms with E-state index in [0.29, 0.717) is 18.9 Å². The molecule has 1 fully saturated rings. The summed E-state index contributed by atoms with van der Waals surface area (Å²) < 4.78 is 46.6. The van der Waals surface area contributed by atoms with Gasteiger partial charge in [0.1, 0.15) is 11.6 Å². The molecule has 2 atom stereocenters. The molecule has 2 aromatic carbocycles. The van der Waals surface area contributed by atoms with Crippen LogP contribution >= 0.6 is 0 Å². The minimum Gasteiger partial charge on any atom is -0.494 e. The molecule has 0 spiro atoms. The Morgan fingerprint density at radius 1 is 1.19 bits per heavy atom. The van der Waals surface area contributed by atoms with Gasteiger partial charge in [-0.1, -0.05) is 12.1 Å². The van der Waals surface area contributed by atoms with E-state index in [4.69, 9.17) is 4.74 Å². The number of hydrogen-bond acceptors (Lipinski definition) is 2. The molecule has 7 heteroatoms. The molecule has 0 radical (unpaired) electrons. The number of hydrogen-bond donors (Lipinski definition) is 1. The van der Waals surface area contributed by atoms with Crippen LogP contribution in [0.2, 0.25) is 0 Å². The summed E-state index contributed by atoms with van der Waals surface area (Å²) in [6.07, 6.45) is 0.627. The Morgan fingerprint density at radius 2 is 1.89 bits per heavy atom. The molecule has 0 amide bonds. The number of ether oxygens (including phenoxy) is 1. The molecule has 144 valence electrons. The second kappa shape index (κ2) is 7.90. The van der Waals surface area contributed by atoms with Crippen LogP contribution in [0.3, 0.4) is 0 Å². The van der Waals surface area contributed by atoms with Gasteiger partial charge in [-0.2, -0.15) is 0 Å². The molecule has 0 aliphatic heterocycles. The van der Waals surface area contributed by atoms with Crippen molar-refractivity contribution in [1.29, 1.82) is 0 Å². The maximum Gasteiger partial charge on any atom is 0.193 e. The number of methoxy groups -OCH3 is 1. The Morgan fingerprint density at radius 3 is 2.48 bits per heavy atom. The molecule has 0 heterocycles. The smallest absolute Gasteiger partial charge is 0.193 e. The van der Waals surface area contributed by atoms with Crippen molar-refractivity contribution in [2.45, 2.75) is 24.9 Å². The average Bonchev–Trinajstić information content (AvgIpc) is 3.38. The van der Waals surface area contributed by atoms with Crippen molar-refractivity contribution in [3.05, 3.63) is 65.0 Å². The summed E-state index contributed by atoms with van der Waals surface area (Å²) in [4.78, 5) is 6.05. The Kier molecular flexibility index (Phi) is 5.58. The summed E-state index contributed by atoms with van der Waals surface area (Å²) in [5.41, 5.74) is 0.872. The lowest BCUT2D eigenvalue weighted by atomic mass is 10.1. The number of nitrogens with zero attached hydrogens (tertiary/aromatic N) is 2. The average molecular weight is 377 g/mol. The molecular weight excluding hydrogens is 355 g/mol. The zero-order valence-corrected chi connectivity index (χ0v) is 15.5. The fraction of sp³-hybridized carbons (Fsp3) is 0.350. The fourth-order valence-electron chi connectivity index (χ4n) is 3.21. The van der Waals surface area contributed by atoms with E-state index in [9.17, 15) is 13.2 Å². The van der Waals surface area contributed by atoms with Gasteiger partial charge in [-0.25, -0.2) is 13.2 Å². The van der Waals surface area contributed by atoms with Crippen LogP contribution < -0.4 is 10.1 Å². The minimum absolute atomic E-state index is 0.0925. The Bertz CT molecular complexity index is 836. The van der Waals surface area contributed by atoms with Crippen molar-refractivity contribution in [2.75, 3.05) is 21.2 Å². The maximum atomic E-state index is 13.9. The van der Waals surface area contributed by atoms with Gasteiger partial charge in [-0.15, -0.1) is 0 Å². The molecule has 1 saturated carbocycles. The topological polar surface area (TPSA) is 36.9 Å². The van der Waals surface area contributed by atoms with Crippen LogP contribution in [-0.2, 0) is 6.54 Å². The van der Waals surface area contributed by atoms with Gasteiger partial charge in [0.05, 0.1) is 7.11 Å². The highest BCUT2D eigenvalue weighted by Crippen LogP contribution is 2.43. The Labute approximate surface area is 156 Å². The third-order valence-electron chi connectivity index (χ3n) is 4.68. The first kappa shape index (κ1) is 19.1. The third kappa shape index (κ3) is 4.18. The van der Waals surface area contributed by atoms with E-state index in [-0.39, 0.29) is 23.3 Å². The maximum absolute atomic E-state index is 13.9. The van der Waals surface area contributed by atoms with Crippen LogP contribution in [0.25, 0.3) is 0 Å². The SMILES string of the molecule is CN=C(NC1CC1c1c(F)cccc1F)N(C)Cc1ccc(OC)c(F)c1. The number of nitrogens with one attached hydrogen (secondary N) is 1. The Hall–Kier alpha value is -2.70. The van der Waals surface area contributed by atoms with Crippen LogP contribution in [0.15, 0.2) is 41.4 Å². The summed E-state index contributed by atoms with van der Waals surface area (Å²) in [6, 6.07) is 8.58. The lowest BCUT2D eigenvalue weighted by Crippen LogP contribution is -2.40. The van der Waals surface area contributed by atoms with Crippen LogP contribution in [0.5, 0.6) is 5.75 Å². The van der Waals surface area contributed by atoms with Crippen molar-refractivity contribution in [1.82, 2.24) is 10.2 Å². The van der Waals surface area contributed by atoms with E-state index in [0.717, 1.165) is 5.56 Å². The van der Waals surface area contributed by atoms with Gasteiger partial charge >= 0.3 is 0 Å². The standard InChI is InChI=1S/C20H22F3N3O/c1-24-20(26(2)11-12-7-8-18(27-3)16(23)9-12)25-17-10-13(17)19-14(21)5-4-6-15(19)22/h4-9,13,17H,10-11H2,1-3H3,(H,24,25). The summed E-state index contributed by atoms with van der Waals surface area (Å²) in [5.74, 6) is -0.937. The number of rotatable bonds is 5. The lowest BCUT2D eigenvalue weighted by Gasteiger charge is -2.22. The van der Waals surface area contributed by atoms with Crippen molar-refractivity contribution < 1.29 is 17.9 Å². The number of benzene rings is 2. The van der Waals surface area contributed by atoms with Gasteiger partial charge in [0, 0.05) is 38.2 Å². The first-order valence-corrected chi connectivity index (χ1v) is 8.65. The highest BCUT2D eigenvalue weighted by molar-refractivity contribution is 5.80. The molecule has 2 aromatic rings. The summed E-state index contributed by atoms with van der Waals surface area (Å²) >= 11 is 0. The van der Waals surface area contributed by atoms with E-state index in [1.165, 1.54) is 31.4 Å². The molecule has 0 bridgehead atoms. The van der Waals surface area contributed by atoms with Crippen molar-refractivity contribution >= 4 is 5.96 Å². The monoisotopic (exact) mass is 377 g/mol. The van der Waals surface area contributed by atoms with Crippen LogP contribution in [-0.4, -0.2) is 38.1 Å². The molecule has 4 nitrogen and oxygen atoms in total. The van der Waals surface area contributed by atoms with Crippen LogP contribution in [0.1, 0.15) is 23.5 Å². The third-order valence-corrected chi connectivity index (χ3v) is 4.68. The summed E-state index contributed by atoms with van der Waals surface area (Å²) in [7, 11) is 4.87. The van der Waals surface area contributed by atoms with E-state index in [2.05, 4.69) is 10.3 Å². The molecule has 0 aromatic heterocycles. The predicted molar refractivity (Wildman–Crippen MR) is 98.4 cm³/mol. The molecule has 1 N–H and O–H groups in total. The molecule has 2 unspecified atom stereocenters. The zero-order chi connectivity index (χ0) is 19.6. The van der Waals surface area contributed by atoms with Crippen molar-refractivity contribution in [3.8, 4) is 5.75 Å². The van der Waals surface area contributed by atoms with Gasteiger partial charge in [0.15, 0.2) is 17.5 Å². The second-order valence-electron chi connectivity index (χ2n) is 6.60. The second-order valence-corrected chi connectivity index (χ2v) is 6.60. The van der Waals surface area contributed by atoms with Gasteiger partial charge in [-0.05, 0) is 36.2 Å². The predicted octanol–water partition coefficient (Wildman–Crippen LogP) is 3.68. The quantitative estimate of drug-likeness (QED) is 0.638. The van der Waals surface area contributed by atoms with Crippen molar-refractivity contribution in [3.63, 3.8) is 0 Å². The van der Waals surface area contributed by atoms with Gasteiger partial charge in [0.2, 0.25) is 0 Å². The fourth-order valence-corrected chi connectivity index (χ4v) is 3.21. The number of halogens is 3. The number of guanidine groups is 1. The van der Waals surface area contributed by atoms with E-state index >= 15 is 0 Å². The normalized spacial score (nSPS) is 19.0. The number of aliphatic imine (C=N–C) groups is 1. The van der Waals surface area contributed by atoms with E-state index in [1.54, 1.807) is 19.2 Å². The van der Waals surface area contributed by atoms with Gasteiger partial charge in [-0.3, -0.25) is 4.99 Å². The van der Waals surface area contributed by atoms with Crippen LogP contribution in [0.4, 0.5) is 13.2 Å². The van der Waals surface area contributed by atoms with Gasteiger partial charge < -0.3 is 15.0 Å². The van der Waals surface area contributed by atoms with Crippen LogP contribution in [0, 0.1) is 17.5 Å². The van der Waals surface area contributed by atoms with Crippen molar-refractivity contribution in [2.24, 2.45) is 4.99 Å². The molecule has 3 rings (SSSR count). The summed E-state index contributed by atoms with van der Waals surface area (Å²) in [5, 5.41) is 3.22. The first-order valence-electron chi connectivity index (χ1n) is 8.65. The van der Waals surface area contributed by atoms with E-state index < -0.39 is 17.5 Å². The highest BCUT2D eigenvalue weighted by atomic mass is 19.1. The first-order chi connectivity index (χ1) is 12.9. The highest BCUT2D eigenvalue weighted by Gasteiger charge is 2.42. The molecule has 27 heavy (non-hydrogen) atoms. The molecule has 1 aliphatic carbocycles. The minimum atomic E-state index is -0.527. The van der Waals surface area contributed by atoms with E-state index in [1.807, 2.05) is 11.9 Å². The zero-order valence-electron chi connectivity index (χ0n) is 15.5. The molecule has 1 aliphatic rings.